The molecule has 1 aliphatic rings. The third-order valence-corrected chi connectivity index (χ3v) is 5.63. The van der Waals surface area contributed by atoms with Gasteiger partial charge in [0.2, 0.25) is 0 Å². The molecule has 154 valence electrons. The van der Waals surface area contributed by atoms with Gasteiger partial charge in [-0.3, -0.25) is 9.88 Å². The van der Waals surface area contributed by atoms with Crippen LogP contribution in [0, 0.1) is 0 Å². The number of aromatic amines is 2. The summed E-state index contributed by atoms with van der Waals surface area (Å²) >= 11 is 0. The number of benzene rings is 3. The van der Waals surface area contributed by atoms with Gasteiger partial charge in [0, 0.05) is 18.5 Å². The van der Waals surface area contributed by atoms with Crippen LogP contribution in [0.5, 0.6) is 0 Å². The molecule has 5 rings (SSSR count). The van der Waals surface area contributed by atoms with Crippen molar-refractivity contribution in [3.05, 3.63) is 94.4 Å². The van der Waals surface area contributed by atoms with E-state index in [0.717, 1.165) is 11.1 Å². The van der Waals surface area contributed by atoms with Gasteiger partial charge in [-0.25, -0.2) is 14.7 Å². The van der Waals surface area contributed by atoms with Crippen molar-refractivity contribution in [3.63, 3.8) is 0 Å². The number of hydrogen-bond acceptors (Lipinski definition) is 4. The summed E-state index contributed by atoms with van der Waals surface area (Å²) in [6.45, 7) is 0.235. The summed E-state index contributed by atoms with van der Waals surface area (Å²) in [5.41, 5.74) is 5.48. The lowest BCUT2D eigenvalue weighted by molar-refractivity contribution is 0.152. The molecule has 31 heavy (non-hydrogen) atoms. The average molecular weight is 412 g/mol. The minimum Gasteiger partial charge on any atom is -0.448 e. The summed E-state index contributed by atoms with van der Waals surface area (Å²) in [7, 11) is 1.64. The normalized spacial score (nSPS) is 12.3. The Hall–Kier alpha value is -4.13. The van der Waals surface area contributed by atoms with E-state index in [0.29, 0.717) is 17.1 Å². The smallest absolute Gasteiger partial charge is 0.414 e. The van der Waals surface area contributed by atoms with Gasteiger partial charge in [0.25, 0.3) is 0 Å². The van der Waals surface area contributed by atoms with E-state index >= 15 is 0 Å². The lowest BCUT2D eigenvalue weighted by Crippen LogP contribution is -2.29. The predicted molar refractivity (Wildman–Crippen MR) is 118 cm³/mol. The first kappa shape index (κ1) is 18.9. The molecule has 3 aromatic carbocycles. The van der Waals surface area contributed by atoms with E-state index in [-0.39, 0.29) is 12.5 Å². The van der Waals surface area contributed by atoms with E-state index in [1.165, 1.54) is 16.0 Å². The number of carbonyl (C=O) groups is 1. The molecule has 0 unspecified atom stereocenters. The van der Waals surface area contributed by atoms with E-state index in [1.807, 2.05) is 36.4 Å². The zero-order valence-electron chi connectivity index (χ0n) is 16.8. The molecule has 0 fully saturated rings. The Labute approximate surface area is 178 Å². The largest absolute Gasteiger partial charge is 0.448 e. The first-order valence-corrected chi connectivity index (χ1v) is 9.96. The SMILES string of the molecule is CN(C(=O)OCC1c2ccccc2-c2ccccc21)c1ccccc1-c1n[nH]c(=O)[nH]1. The maximum Gasteiger partial charge on any atom is 0.414 e. The fraction of sp³-hybridized carbons (Fsp3) is 0.125. The molecule has 0 saturated carbocycles. The lowest BCUT2D eigenvalue weighted by atomic mass is 9.98. The number of amides is 1. The Kier molecular flexibility index (Phi) is 4.63. The zero-order chi connectivity index (χ0) is 21.4. The molecule has 0 spiro atoms. The van der Waals surface area contributed by atoms with E-state index in [2.05, 4.69) is 39.4 Å². The minimum atomic E-state index is -0.479. The maximum absolute atomic E-state index is 12.9. The molecule has 7 heteroatoms. The summed E-state index contributed by atoms with van der Waals surface area (Å²) in [6.07, 6.45) is -0.479. The molecular formula is C24H20N4O3. The monoisotopic (exact) mass is 412 g/mol. The van der Waals surface area contributed by atoms with Crippen LogP contribution in [0.3, 0.4) is 0 Å². The standard InChI is InChI=1S/C24H20N4O3/c1-28(21-13-7-6-12-19(21)22-25-23(29)27-26-22)24(30)31-14-20-17-10-4-2-8-15(17)16-9-3-5-11-18(16)20/h2-13,20H,14H2,1H3,(H2,25,26,27,29). The summed E-state index contributed by atoms with van der Waals surface area (Å²) in [5.74, 6) is 0.349. The number of rotatable bonds is 4. The fourth-order valence-electron chi connectivity index (χ4n) is 4.15. The second-order valence-corrected chi connectivity index (χ2v) is 7.41. The van der Waals surface area contributed by atoms with Crippen LogP contribution in [0.2, 0.25) is 0 Å². The van der Waals surface area contributed by atoms with Crippen molar-refractivity contribution in [1.82, 2.24) is 15.2 Å². The number of hydrogen-bond donors (Lipinski definition) is 2. The van der Waals surface area contributed by atoms with Crippen molar-refractivity contribution in [1.29, 1.82) is 0 Å². The van der Waals surface area contributed by atoms with Crippen LogP contribution in [0.15, 0.2) is 77.6 Å². The first-order chi connectivity index (χ1) is 15.1. The van der Waals surface area contributed by atoms with Gasteiger partial charge in [-0.05, 0) is 34.4 Å². The highest BCUT2D eigenvalue weighted by Crippen LogP contribution is 2.44. The van der Waals surface area contributed by atoms with Crippen molar-refractivity contribution < 1.29 is 9.53 Å². The quantitative estimate of drug-likeness (QED) is 0.527. The van der Waals surface area contributed by atoms with Gasteiger partial charge >= 0.3 is 11.8 Å². The molecule has 0 atom stereocenters. The Balaban J connectivity index is 1.38. The number of ether oxygens (including phenoxy) is 1. The topological polar surface area (TPSA) is 91.1 Å². The molecule has 7 nitrogen and oxygen atoms in total. The molecule has 4 aromatic rings. The molecule has 0 aliphatic heterocycles. The van der Waals surface area contributed by atoms with Crippen molar-refractivity contribution in [2.24, 2.45) is 0 Å². The van der Waals surface area contributed by atoms with Crippen molar-refractivity contribution in [2.75, 3.05) is 18.6 Å². The number of carbonyl (C=O) groups excluding carboxylic acids is 1. The Morgan fingerprint density at radius 1 is 0.935 bits per heavy atom. The van der Waals surface area contributed by atoms with Crippen LogP contribution >= 0.6 is 0 Å². The van der Waals surface area contributed by atoms with Crippen LogP contribution < -0.4 is 10.6 Å². The van der Waals surface area contributed by atoms with E-state index in [4.69, 9.17) is 4.74 Å². The van der Waals surface area contributed by atoms with Crippen molar-refractivity contribution in [2.45, 2.75) is 5.92 Å². The number of fused-ring (bicyclic) bond motifs is 3. The van der Waals surface area contributed by atoms with Crippen molar-refractivity contribution >= 4 is 11.8 Å². The molecule has 1 amide bonds. The number of para-hydroxylation sites is 1. The van der Waals surface area contributed by atoms with Gasteiger partial charge in [0.1, 0.15) is 6.61 Å². The second kappa shape index (κ2) is 7.60. The number of nitrogens with one attached hydrogen (secondary N) is 2. The molecule has 1 aromatic heterocycles. The third-order valence-electron chi connectivity index (χ3n) is 5.63. The molecule has 0 bridgehead atoms. The molecule has 2 N–H and O–H groups in total. The first-order valence-electron chi connectivity index (χ1n) is 9.96. The van der Waals surface area contributed by atoms with Crippen LogP contribution in [-0.4, -0.2) is 34.9 Å². The van der Waals surface area contributed by atoms with Gasteiger partial charge in [0.05, 0.1) is 5.69 Å². The summed E-state index contributed by atoms with van der Waals surface area (Å²) in [5, 5.41) is 6.32. The highest BCUT2D eigenvalue weighted by atomic mass is 16.6. The molecule has 1 aliphatic carbocycles. The van der Waals surface area contributed by atoms with Gasteiger partial charge in [-0.2, -0.15) is 5.10 Å². The number of anilines is 1. The molecule has 1 heterocycles. The van der Waals surface area contributed by atoms with E-state index < -0.39 is 11.8 Å². The Morgan fingerprint density at radius 3 is 2.13 bits per heavy atom. The lowest BCUT2D eigenvalue weighted by Gasteiger charge is -2.21. The average Bonchev–Trinajstić information content (AvgIpc) is 3.38. The molecular weight excluding hydrogens is 392 g/mol. The van der Waals surface area contributed by atoms with Crippen LogP contribution in [0.1, 0.15) is 17.0 Å². The van der Waals surface area contributed by atoms with Gasteiger partial charge in [-0.15, -0.1) is 0 Å². The Bertz CT molecular complexity index is 1280. The van der Waals surface area contributed by atoms with Gasteiger partial charge in [-0.1, -0.05) is 60.7 Å². The minimum absolute atomic E-state index is 0.0114. The third kappa shape index (κ3) is 3.30. The number of nitrogens with zero attached hydrogens (tertiary/aromatic N) is 2. The van der Waals surface area contributed by atoms with Gasteiger partial charge < -0.3 is 4.74 Å². The fourth-order valence-corrected chi connectivity index (χ4v) is 4.15. The summed E-state index contributed by atoms with van der Waals surface area (Å²) in [4.78, 5) is 28.4. The zero-order valence-corrected chi connectivity index (χ0v) is 16.8. The molecule has 0 radical (unpaired) electrons. The number of H-pyrrole nitrogens is 2. The second-order valence-electron chi connectivity index (χ2n) is 7.41. The number of aromatic nitrogens is 3. The highest BCUT2D eigenvalue weighted by molar-refractivity contribution is 5.92. The highest BCUT2D eigenvalue weighted by Gasteiger charge is 2.29. The van der Waals surface area contributed by atoms with Crippen LogP contribution in [0.25, 0.3) is 22.5 Å². The van der Waals surface area contributed by atoms with E-state index in [1.54, 1.807) is 19.2 Å². The van der Waals surface area contributed by atoms with Crippen LogP contribution in [-0.2, 0) is 4.74 Å². The summed E-state index contributed by atoms with van der Waals surface area (Å²) in [6, 6.07) is 23.6. The maximum atomic E-state index is 12.9. The molecule has 0 saturated heterocycles. The summed E-state index contributed by atoms with van der Waals surface area (Å²) < 4.78 is 5.74. The van der Waals surface area contributed by atoms with Crippen molar-refractivity contribution in [3.8, 4) is 22.5 Å². The predicted octanol–water partition coefficient (Wildman–Crippen LogP) is 4.15. The van der Waals surface area contributed by atoms with E-state index in [9.17, 15) is 9.59 Å². The Morgan fingerprint density at radius 2 is 1.52 bits per heavy atom. The van der Waals surface area contributed by atoms with Gasteiger partial charge in [0.15, 0.2) is 5.82 Å². The van der Waals surface area contributed by atoms with Crippen LogP contribution in [0.4, 0.5) is 10.5 Å².